The van der Waals surface area contributed by atoms with Crippen LogP contribution in [0.1, 0.15) is 24.1 Å². The van der Waals surface area contributed by atoms with Crippen LogP contribution in [-0.2, 0) is 11.3 Å². The van der Waals surface area contributed by atoms with Crippen LogP contribution in [0.15, 0.2) is 17.5 Å². The van der Waals surface area contributed by atoms with Gasteiger partial charge in [0.2, 0.25) is 5.91 Å². The minimum Gasteiger partial charge on any atom is -0.340 e. The van der Waals surface area contributed by atoms with Gasteiger partial charge >= 0.3 is 0 Å². The first kappa shape index (κ1) is 15.0. The molecule has 1 aromatic rings. The molecule has 2 aliphatic rings. The Hall–Kier alpha value is -0.910. The number of thiophene rings is 1. The van der Waals surface area contributed by atoms with Gasteiger partial charge < -0.3 is 10.2 Å². The quantitative estimate of drug-likeness (QED) is 0.901. The summed E-state index contributed by atoms with van der Waals surface area (Å²) in [6.45, 7) is 7.07. The van der Waals surface area contributed by atoms with E-state index in [0.717, 1.165) is 58.7 Å². The molecule has 2 saturated heterocycles. The molecule has 0 saturated carbocycles. The van der Waals surface area contributed by atoms with Crippen LogP contribution in [-0.4, -0.2) is 55.0 Å². The molecule has 4 nitrogen and oxygen atoms in total. The predicted molar refractivity (Wildman–Crippen MR) is 86.4 cm³/mol. The molecule has 3 rings (SSSR count). The Morgan fingerprint density at radius 3 is 2.86 bits per heavy atom. The van der Waals surface area contributed by atoms with Crippen LogP contribution in [0.2, 0.25) is 0 Å². The van der Waals surface area contributed by atoms with E-state index in [1.807, 2.05) is 11.3 Å². The molecule has 1 amide bonds. The van der Waals surface area contributed by atoms with Crippen LogP contribution < -0.4 is 5.32 Å². The second kappa shape index (κ2) is 7.38. The summed E-state index contributed by atoms with van der Waals surface area (Å²) in [4.78, 5) is 18.2. The summed E-state index contributed by atoms with van der Waals surface area (Å²) in [5, 5.41) is 5.50. The maximum Gasteiger partial charge on any atom is 0.222 e. The van der Waals surface area contributed by atoms with Gasteiger partial charge in [0.05, 0.1) is 0 Å². The zero-order valence-electron chi connectivity index (χ0n) is 12.6. The number of carbonyl (C=O) groups excluding carboxylic acids is 1. The Bertz CT molecular complexity index is 434. The summed E-state index contributed by atoms with van der Waals surface area (Å²) in [6.07, 6.45) is 3.03. The first-order chi connectivity index (χ1) is 10.3. The number of nitrogens with zero attached hydrogens (tertiary/aromatic N) is 2. The van der Waals surface area contributed by atoms with E-state index in [1.165, 1.54) is 11.3 Å². The van der Waals surface area contributed by atoms with E-state index in [1.54, 1.807) is 0 Å². The standard InChI is InChI=1S/C16H25N3OS/c20-16(4-3-14-5-6-17-12-14)19-9-7-18(8-10-19)13-15-2-1-11-21-15/h1-2,11,14,17H,3-10,12-13H2. The van der Waals surface area contributed by atoms with E-state index in [9.17, 15) is 4.79 Å². The highest BCUT2D eigenvalue weighted by molar-refractivity contribution is 7.09. The lowest BCUT2D eigenvalue weighted by Crippen LogP contribution is -2.48. The Labute approximate surface area is 131 Å². The molecular formula is C16H25N3OS. The minimum atomic E-state index is 0.359. The first-order valence-electron chi connectivity index (χ1n) is 8.04. The summed E-state index contributed by atoms with van der Waals surface area (Å²) in [5.74, 6) is 1.08. The molecule has 116 valence electrons. The van der Waals surface area contributed by atoms with Crippen molar-refractivity contribution in [3.05, 3.63) is 22.4 Å². The van der Waals surface area contributed by atoms with E-state index >= 15 is 0 Å². The Morgan fingerprint density at radius 1 is 1.33 bits per heavy atom. The highest BCUT2D eigenvalue weighted by Crippen LogP contribution is 2.17. The van der Waals surface area contributed by atoms with Crippen LogP contribution in [0.5, 0.6) is 0 Å². The summed E-state index contributed by atoms with van der Waals surface area (Å²) in [6, 6.07) is 4.30. The molecule has 1 atom stereocenters. The Balaban J connectivity index is 1.37. The molecule has 0 radical (unpaired) electrons. The first-order valence-corrected chi connectivity index (χ1v) is 8.92. The van der Waals surface area contributed by atoms with Gasteiger partial charge in [0.25, 0.3) is 0 Å². The molecule has 1 N–H and O–H groups in total. The second-order valence-electron chi connectivity index (χ2n) is 6.13. The zero-order chi connectivity index (χ0) is 14.5. The van der Waals surface area contributed by atoms with Crippen molar-refractivity contribution in [3.8, 4) is 0 Å². The van der Waals surface area contributed by atoms with E-state index in [4.69, 9.17) is 0 Å². The average molecular weight is 307 g/mol. The van der Waals surface area contributed by atoms with Crippen molar-refractivity contribution >= 4 is 17.2 Å². The molecule has 2 fully saturated rings. The van der Waals surface area contributed by atoms with Crippen molar-refractivity contribution in [2.45, 2.75) is 25.8 Å². The molecule has 0 bridgehead atoms. The van der Waals surface area contributed by atoms with E-state index in [-0.39, 0.29) is 0 Å². The largest absolute Gasteiger partial charge is 0.340 e. The van der Waals surface area contributed by atoms with E-state index in [2.05, 4.69) is 32.6 Å². The van der Waals surface area contributed by atoms with Crippen LogP contribution >= 0.6 is 11.3 Å². The molecule has 0 aliphatic carbocycles. The summed E-state index contributed by atoms with van der Waals surface area (Å²) < 4.78 is 0. The fraction of sp³-hybridized carbons (Fsp3) is 0.688. The van der Waals surface area contributed by atoms with E-state index < -0.39 is 0 Å². The van der Waals surface area contributed by atoms with Crippen LogP contribution in [0, 0.1) is 5.92 Å². The number of nitrogens with one attached hydrogen (secondary N) is 1. The topological polar surface area (TPSA) is 35.6 Å². The third-order valence-electron chi connectivity index (χ3n) is 4.61. The van der Waals surface area contributed by atoms with Gasteiger partial charge in [-0.3, -0.25) is 9.69 Å². The summed E-state index contributed by atoms with van der Waals surface area (Å²) in [5.41, 5.74) is 0. The molecule has 5 heteroatoms. The fourth-order valence-electron chi connectivity index (χ4n) is 3.22. The normalized spacial score (nSPS) is 23.6. The van der Waals surface area contributed by atoms with E-state index in [0.29, 0.717) is 11.8 Å². The van der Waals surface area contributed by atoms with Gasteiger partial charge in [-0.05, 0) is 43.3 Å². The SMILES string of the molecule is O=C(CCC1CCNC1)N1CCN(Cc2cccs2)CC1. The Kier molecular flexibility index (Phi) is 5.27. The number of hydrogen-bond acceptors (Lipinski definition) is 4. The monoisotopic (exact) mass is 307 g/mol. The van der Waals surface area contributed by atoms with Gasteiger partial charge in [0, 0.05) is 44.0 Å². The molecule has 0 spiro atoms. The molecule has 1 aromatic heterocycles. The van der Waals surface area contributed by atoms with Crippen LogP contribution in [0.4, 0.5) is 0 Å². The maximum absolute atomic E-state index is 12.3. The lowest BCUT2D eigenvalue weighted by Gasteiger charge is -2.34. The van der Waals surface area contributed by atoms with Gasteiger partial charge in [-0.25, -0.2) is 0 Å². The van der Waals surface area contributed by atoms with Gasteiger partial charge in [-0.1, -0.05) is 6.07 Å². The van der Waals surface area contributed by atoms with Crippen molar-refractivity contribution in [2.24, 2.45) is 5.92 Å². The van der Waals surface area contributed by atoms with Gasteiger partial charge in [0.1, 0.15) is 0 Å². The number of amides is 1. The predicted octanol–water partition coefficient (Wildman–Crippen LogP) is 1.78. The number of hydrogen-bond donors (Lipinski definition) is 1. The van der Waals surface area contributed by atoms with Gasteiger partial charge in [0.15, 0.2) is 0 Å². The van der Waals surface area contributed by atoms with Crippen LogP contribution in [0.3, 0.4) is 0 Å². The van der Waals surface area contributed by atoms with Crippen LogP contribution in [0.25, 0.3) is 0 Å². The van der Waals surface area contributed by atoms with Crippen molar-refractivity contribution in [1.82, 2.24) is 15.1 Å². The minimum absolute atomic E-state index is 0.359. The lowest BCUT2D eigenvalue weighted by atomic mass is 10.0. The zero-order valence-corrected chi connectivity index (χ0v) is 13.4. The van der Waals surface area contributed by atoms with Crippen molar-refractivity contribution in [2.75, 3.05) is 39.3 Å². The van der Waals surface area contributed by atoms with Crippen molar-refractivity contribution in [3.63, 3.8) is 0 Å². The third-order valence-corrected chi connectivity index (χ3v) is 5.47. The highest BCUT2D eigenvalue weighted by atomic mass is 32.1. The molecular weight excluding hydrogens is 282 g/mol. The second-order valence-corrected chi connectivity index (χ2v) is 7.17. The molecule has 3 heterocycles. The molecule has 0 aromatic carbocycles. The molecule has 1 unspecified atom stereocenters. The summed E-state index contributed by atoms with van der Waals surface area (Å²) in [7, 11) is 0. The van der Waals surface area contributed by atoms with Crippen molar-refractivity contribution < 1.29 is 4.79 Å². The van der Waals surface area contributed by atoms with Gasteiger partial charge in [-0.15, -0.1) is 11.3 Å². The highest BCUT2D eigenvalue weighted by Gasteiger charge is 2.22. The molecule has 2 aliphatic heterocycles. The maximum atomic E-state index is 12.3. The van der Waals surface area contributed by atoms with Crippen molar-refractivity contribution in [1.29, 1.82) is 0 Å². The number of carbonyl (C=O) groups is 1. The smallest absolute Gasteiger partial charge is 0.222 e. The van der Waals surface area contributed by atoms with Gasteiger partial charge in [-0.2, -0.15) is 0 Å². The number of piperazine rings is 1. The number of rotatable bonds is 5. The Morgan fingerprint density at radius 2 is 2.19 bits per heavy atom. The third kappa shape index (κ3) is 4.28. The molecule has 21 heavy (non-hydrogen) atoms. The fourth-order valence-corrected chi connectivity index (χ4v) is 3.97. The summed E-state index contributed by atoms with van der Waals surface area (Å²) >= 11 is 1.82. The average Bonchev–Trinajstić information content (AvgIpc) is 3.19. The lowest BCUT2D eigenvalue weighted by molar-refractivity contribution is -0.133.